The molecule has 0 radical (unpaired) electrons. The van der Waals surface area contributed by atoms with Crippen LogP contribution >= 0.6 is 27.3 Å². The number of carbonyl (C=O) groups is 1. The summed E-state index contributed by atoms with van der Waals surface area (Å²) in [6.45, 7) is 3.77. The van der Waals surface area contributed by atoms with E-state index in [0.29, 0.717) is 26.4 Å². The predicted molar refractivity (Wildman–Crippen MR) is 142 cm³/mol. The van der Waals surface area contributed by atoms with Gasteiger partial charge in [0.05, 0.1) is 35.6 Å². The maximum absolute atomic E-state index is 13.7. The largest absolute Gasteiger partial charge is 0.497 e. The van der Waals surface area contributed by atoms with Gasteiger partial charge in [-0.15, -0.1) is 0 Å². The summed E-state index contributed by atoms with van der Waals surface area (Å²) in [5.74, 6) is 0.215. The maximum Gasteiger partial charge on any atom is 0.338 e. The second kappa shape index (κ2) is 10.2. The number of aromatic nitrogens is 1. The third-order valence-corrected chi connectivity index (χ3v) is 7.44. The molecule has 0 saturated carbocycles. The van der Waals surface area contributed by atoms with E-state index < -0.39 is 12.0 Å². The van der Waals surface area contributed by atoms with Crippen LogP contribution in [0.5, 0.6) is 5.75 Å². The molecule has 0 fully saturated rings. The van der Waals surface area contributed by atoms with Gasteiger partial charge in [0.25, 0.3) is 5.56 Å². The molecule has 1 unspecified atom stereocenters. The highest BCUT2D eigenvalue weighted by molar-refractivity contribution is 9.10. The molecule has 2 aromatic carbocycles. The van der Waals surface area contributed by atoms with Gasteiger partial charge in [0.1, 0.15) is 5.75 Å². The van der Waals surface area contributed by atoms with Crippen molar-refractivity contribution in [3.05, 3.63) is 89.0 Å². The summed E-state index contributed by atoms with van der Waals surface area (Å²) >= 11 is 4.84. The van der Waals surface area contributed by atoms with Crippen molar-refractivity contribution in [2.24, 2.45) is 4.99 Å². The molecule has 2 heterocycles. The number of esters is 1. The Kier molecular flexibility index (Phi) is 7.28. The van der Waals surface area contributed by atoms with Gasteiger partial charge in [0.2, 0.25) is 0 Å². The fourth-order valence-corrected chi connectivity index (χ4v) is 5.36. The molecule has 0 saturated heterocycles. The molecule has 4 rings (SSSR count). The molecule has 0 spiro atoms. The lowest BCUT2D eigenvalue weighted by Gasteiger charge is -2.25. The van der Waals surface area contributed by atoms with Gasteiger partial charge in [-0.05, 0) is 61.4 Å². The van der Waals surface area contributed by atoms with Crippen molar-refractivity contribution in [1.29, 1.82) is 0 Å². The van der Waals surface area contributed by atoms with E-state index in [9.17, 15) is 9.59 Å². The van der Waals surface area contributed by atoms with Crippen LogP contribution in [-0.2, 0) is 9.53 Å². The Morgan fingerprint density at radius 2 is 1.94 bits per heavy atom. The van der Waals surface area contributed by atoms with Gasteiger partial charge in [-0.2, -0.15) is 0 Å². The highest BCUT2D eigenvalue weighted by atomic mass is 79.9. The first-order chi connectivity index (χ1) is 16.7. The highest BCUT2D eigenvalue weighted by Gasteiger charge is 2.33. The van der Waals surface area contributed by atoms with E-state index in [1.165, 1.54) is 11.3 Å². The number of methoxy groups -OCH3 is 1. The molecule has 1 aliphatic heterocycles. The molecule has 1 aromatic heterocycles. The summed E-state index contributed by atoms with van der Waals surface area (Å²) in [5, 5.41) is 0. The highest BCUT2D eigenvalue weighted by Crippen LogP contribution is 2.31. The van der Waals surface area contributed by atoms with Gasteiger partial charge in [0.15, 0.2) is 4.80 Å². The van der Waals surface area contributed by atoms with Crippen LogP contribution in [0.25, 0.3) is 6.08 Å². The number of fused-ring (bicyclic) bond motifs is 1. The van der Waals surface area contributed by atoms with Crippen LogP contribution in [0.3, 0.4) is 0 Å². The molecule has 3 aromatic rings. The molecular formula is C26H26BrN3O4S. The predicted octanol–water partition coefficient (Wildman–Crippen LogP) is 3.64. The summed E-state index contributed by atoms with van der Waals surface area (Å²) in [6, 6.07) is 12.7. The van der Waals surface area contributed by atoms with E-state index >= 15 is 0 Å². The number of rotatable bonds is 6. The Balaban J connectivity index is 1.94. The molecule has 9 heteroatoms. The van der Waals surface area contributed by atoms with E-state index in [-0.39, 0.29) is 12.2 Å². The number of hydrogen-bond donors (Lipinski definition) is 0. The number of hydrogen-bond acceptors (Lipinski definition) is 7. The van der Waals surface area contributed by atoms with Crippen LogP contribution in [0.1, 0.15) is 31.0 Å². The molecule has 35 heavy (non-hydrogen) atoms. The molecule has 1 aliphatic rings. The number of halogens is 1. The number of allylic oxidation sites excluding steroid dienone is 1. The van der Waals surface area contributed by atoms with Crippen LogP contribution in [0.4, 0.5) is 5.69 Å². The zero-order valence-corrected chi connectivity index (χ0v) is 22.6. The van der Waals surface area contributed by atoms with Crippen LogP contribution in [0.15, 0.2) is 68.0 Å². The van der Waals surface area contributed by atoms with Gasteiger partial charge in [-0.25, -0.2) is 9.79 Å². The average Bonchev–Trinajstić information content (AvgIpc) is 3.14. The fraction of sp³-hybridized carbons (Fsp3) is 0.269. The van der Waals surface area contributed by atoms with Crippen LogP contribution < -0.4 is 24.5 Å². The van der Waals surface area contributed by atoms with E-state index in [1.807, 2.05) is 67.5 Å². The van der Waals surface area contributed by atoms with Crippen LogP contribution in [0.2, 0.25) is 0 Å². The third kappa shape index (κ3) is 4.83. The van der Waals surface area contributed by atoms with E-state index in [1.54, 1.807) is 25.5 Å². The van der Waals surface area contributed by atoms with Gasteiger partial charge >= 0.3 is 5.97 Å². The maximum atomic E-state index is 13.7. The number of nitrogens with zero attached hydrogens (tertiary/aromatic N) is 3. The van der Waals surface area contributed by atoms with Gasteiger partial charge < -0.3 is 14.4 Å². The fourth-order valence-electron chi connectivity index (χ4n) is 3.96. The van der Waals surface area contributed by atoms with E-state index in [4.69, 9.17) is 9.47 Å². The van der Waals surface area contributed by atoms with Crippen LogP contribution in [-0.4, -0.2) is 38.3 Å². The first kappa shape index (κ1) is 24.9. The normalized spacial score (nSPS) is 15.5. The number of thiazole rings is 1. The summed E-state index contributed by atoms with van der Waals surface area (Å²) < 4.78 is 13.6. The van der Waals surface area contributed by atoms with Crippen molar-refractivity contribution in [3.63, 3.8) is 0 Å². The Hall–Kier alpha value is -3.17. The Morgan fingerprint density at radius 3 is 2.57 bits per heavy atom. The lowest BCUT2D eigenvalue weighted by molar-refractivity contribution is -0.139. The zero-order chi connectivity index (χ0) is 25.3. The summed E-state index contributed by atoms with van der Waals surface area (Å²) in [4.78, 5) is 33.9. The number of benzene rings is 2. The van der Waals surface area contributed by atoms with Crippen LogP contribution in [0, 0.1) is 0 Å². The quantitative estimate of drug-likeness (QED) is 0.434. The zero-order valence-electron chi connectivity index (χ0n) is 20.2. The average molecular weight is 556 g/mol. The minimum atomic E-state index is -0.641. The van der Waals surface area contributed by atoms with Crippen molar-refractivity contribution in [3.8, 4) is 5.75 Å². The van der Waals surface area contributed by atoms with Gasteiger partial charge in [-0.3, -0.25) is 9.36 Å². The van der Waals surface area contributed by atoms with Gasteiger partial charge in [0, 0.05) is 24.3 Å². The first-order valence-electron chi connectivity index (χ1n) is 11.1. The van der Waals surface area contributed by atoms with Crippen molar-refractivity contribution in [1.82, 2.24) is 4.57 Å². The van der Waals surface area contributed by atoms with Crippen molar-refractivity contribution in [2.45, 2.75) is 19.9 Å². The van der Waals surface area contributed by atoms with E-state index in [0.717, 1.165) is 21.3 Å². The summed E-state index contributed by atoms with van der Waals surface area (Å²) in [6.07, 6.45) is 1.81. The topological polar surface area (TPSA) is 73.1 Å². The molecule has 182 valence electrons. The standard InChI is InChI=1S/C26H26BrN3O4S/c1-6-34-25(32)22-15(2)28-26-30(23(22)16-7-9-18(10-8-16)29(3)4)24(31)21(35-26)14-17-13-19(33-5)11-12-20(17)27/h7-14,23H,6H2,1-5H3/b21-14-. The summed E-state index contributed by atoms with van der Waals surface area (Å²) in [7, 11) is 5.52. The van der Waals surface area contributed by atoms with Crippen molar-refractivity contribution >= 4 is 45.0 Å². The lowest BCUT2D eigenvalue weighted by Crippen LogP contribution is -2.40. The van der Waals surface area contributed by atoms with Crippen molar-refractivity contribution in [2.75, 3.05) is 32.7 Å². The SMILES string of the molecule is CCOC(=O)C1=C(C)N=c2s/c(=C\c3cc(OC)ccc3Br)c(=O)n2C1c1ccc(N(C)C)cc1. The number of ether oxygens (including phenoxy) is 2. The molecular weight excluding hydrogens is 530 g/mol. The van der Waals surface area contributed by atoms with Gasteiger partial charge in [-0.1, -0.05) is 39.4 Å². The minimum absolute atomic E-state index is 0.223. The van der Waals surface area contributed by atoms with Crippen molar-refractivity contribution < 1.29 is 14.3 Å². The van der Waals surface area contributed by atoms with E-state index in [2.05, 4.69) is 20.9 Å². The molecule has 7 nitrogen and oxygen atoms in total. The second-order valence-corrected chi connectivity index (χ2v) is 10.0. The summed E-state index contributed by atoms with van der Waals surface area (Å²) in [5.41, 5.74) is 3.32. The number of anilines is 1. The smallest absolute Gasteiger partial charge is 0.338 e. The molecule has 0 bridgehead atoms. The number of carbonyl (C=O) groups excluding carboxylic acids is 1. The Bertz CT molecular complexity index is 1490. The Labute approximate surface area is 215 Å². The third-order valence-electron chi connectivity index (χ3n) is 5.73. The molecule has 1 atom stereocenters. The molecule has 0 amide bonds. The Morgan fingerprint density at radius 1 is 1.23 bits per heavy atom. The molecule has 0 N–H and O–H groups in total. The second-order valence-electron chi connectivity index (χ2n) is 8.18. The first-order valence-corrected chi connectivity index (χ1v) is 12.7. The lowest BCUT2D eigenvalue weighted by atomic mass is 9.95. The monoisotopic (exact) mass is 555 g/mol. The molecule has 0 aliphatic carbocycles. The minimum Gasteiger partial charge on any atom is -0.497 e.